The predicted molar refractivity (Wildman–Crippen MR) is 68.8 cm³/mol. The standard InChI is InChI=1S/C12H16BrNO3/c1-2-10(17-13)11-8-15-12(16-11)14-9-6-4-3-5-7-9/h3-7,10-12,14H,2,8H2,1H3. The number of ether oxygens (including phenoxy) is 2. The topological polar surface area (TPSA) is 39.7 Å². The van der Waals surface area contributed by atoms with Gasteiger partial charge in [0.25, 0.3) is 0 Å². The Bertz CT molecular complexity index is 332. The molecule has 1 fully saturated rings. The van der Waals surface area contributed by atoms with Crippen LogP contribution >= 0.6 is 16.3 Å². The van der Waals surface area contributed by atoms with Gasteiger partial charge in [-0.05, 0) is 18.6 Å². The molecule has 0 aromatic heterocycles. The van der Waals surface area contributed by atoms with Crippen LogP contribution in [0.15, 0.2) is 30.3 Å². The van der Waals surface area contributed by atoms with E-state index in [-0.39, 0.29) is 12.2 Å². The summed E-state index contributed by atoms with van der Waals surface area (Å²) >= 11 is 3.02. The zero-order chi connectivity index (χ0) is 12.1. The van der Waals surface area contributed by atoms with Gasteiger partial charge in [0, 0.05) is 5.69 Å². The molecule has 0 aliphatic carbocycles. The molecule has 3 atom stereocenters. The molecule has 1 heterocycles. The monoisotopic (exact) mass is 301 g/mol. The minimum absolute atomic E-state index is 0.0116. The van der Waals surface area contributed by atoms with Crippen molar-refractivity contribution in [2.75, 3.05) is 11.9 Å². The molecule has 5 heteroatoms. The lowest BCUT2D eigenvalue weighted by molar-refractivity contribution is -0.0542. The molecule has 4 nitrogen and oxygen atoms in total. The molecule has 0 bridgehead atoms. The largest absolute Gasteiger partial charge is 0.337 e. The van der Waals surface area contributed by atoms with Crippen molar-refractivity contribution < 1.29 is 13.3 Å². The Kier molecular flexibility index (Phi) is 4.79. The second-order valence-corrected chi connectivity index (χ2v) is 4.26. The summed E-state index contributed by atoms with van der Waals surface area (Å²) in [6, 6.07) is 9.84. The summed E-state index contributed by atoms with van der Waals surface area (Å²) in [4.78, 5) is 0. The molecule has 1 aliphatic rings. The quantitative estimate of drug-likeness (QED) is 0.908. The highest BCUT2D eigenvalue weighted by Gasteiger charge is 2.32. The number of hydrogen-bond acceptors (Lipinski definition) is 4. The lowest BCUT2D eigenvalue weighted by Crippen LogP contribution is -2.29. The average molecular weight is 302 g/mol. The first-order valence-electron chi connectivity index (χ1n) is 5.69. The third kappa shape index (κ3) is 3.42. The molecule has 1 aromatic rings. The number of halogens is 1. The van der Waals surface area contributed by atoms with Crippen molar-refractivity contribution in [2.24, 2.45) is 0 Å². The van der Waals surface area contributed by atoms with Crippen LogP contribution in [0.25, 0.3) is 0 Å². The van der Waals surface area contributed by atoms with Gasteiger partial charge in [-0.2, -0.15) is 0 Å². The molecule has 1 aliphatic heterocycles. The van der Waals surface area contributed by atoms with Crippen LogP contribution in [0.1, 0.15) is 13.3 Å². The van der Waals surface area contributed by atoms with E-state index in [9.17, 15) is 0 Å². The van der Waals surface area contributed by atoms with Crippen LogP contribution in [0.4, 0.5) is 5.69 Å². The normalized spacial score (nSPS) is 25.8. The number of rotatable bonds is 5. The molecular weight excluding hydrogens is 286 g/mol. The Balaban J connectivity index is 1.86. The van der Waals surface area contributed by atoms with Gasteiger partial charge >= 0.3 is 0 Å². The van der Waals surface area contributed by atoms with Crippen molar-refractivity contribution >= 4 is 21.9 Å². The Morgan fingerprint density at radius 2 is 2.24 bits per heavy atom. The zero-order valence-electron chi connectivity index (χ0n) is 9.64. The second-order valence-electron chi connectivity index (χ2n) is 3.89. The maximum atomic E-state index is 5.72. The Morgan fingerprint density at radius 3 is 2.88 bits per heavy atom. The molecule has 2 rings (SSSR count). The van der Waals surface area contributed by atoms with Crippen LogP contribution < -0.4 is 5.32 Å². The molecule has 1 N–H and O–H groups in total. The van der Waals surface area contributed by atoms with Gasteiger partial charge in [0.2, 0.25) is 6.41 Å². The maximum absolute atomic E-state index is 5.72. The van der Waals surface area contributed by atoms with E-state index in [1.54, 1.807) is 0 Å². The highest BCUT2D eigenvalue weighted by atomic mass is 79.9. The first-order valence-corrected chi connectivity index (χ1v) is 6.34. The molecule has 1 aromatic carbocycles. The van der Waals surface area contributed by atoms with Crippen molar-refractivity contribution in [1.29, 1.82) is 0 Å². The minimum atomic E-state index is -0.404. The molecule has 94 valence electrons. The van der Waals surface area contributed by atoms with E-state index in [1.807, 2.05) is 37.3 Å². The summed E-state index contributed by atoms with van der Waals surface area (Å²) in [6.07, 6.45) is 0.439. The average Bonchev–Trinajstić information content (AvgIpc) is 2.81. The molecule has 17 heavy (non-hydrogen) atoms. The van der Waals surface area contributed by atoms with Gasteiger partial charge in [0.05, 0.1) is 22.9 Å². The molecule has 1 saturated heterocycles. The first kappa shape index (κ1) is 12.8. The minimum Gasteiger partial charge on any atom is -0.337 e. The van der Waals surface area contributed by atoms with Gasteiger partial charge in [-0.1, -0.05) is 25.1 Å². The van der Waals surface area contributed by atoms with Gasteiger partial charge in [-0.15, -0.1) is 0 Å². The number of nitrogens with one attached hydrogen (secondary N) is 1. The molecular formula is C12H16BrNO3. The number of hydrogen-bond donors (Lipinski definition) is 1. The molecule has 0 amide bonds. The number of para-hydroxylation sites is 1. The van der Waals surface area contributed by atoms with Crippen molar-refractivity contribution in [3.63, 3.8) is 0 Å². The second kappa shape index (κ2) is 6.35. The van der Waals surface area contributed by atoms with Crippen molar-refractivity contribution in [3.8, 4) is 0 Å². The first-order chi connectivity index (χ1) is 8.33. The van der Waals surface area contributed by atoms with Gasteiger partial charge in [0.1, 0.15) is 12.2 Å². The molecule has 0 radical (unpaired) electrons. The van der Waals surface area contributed by atoms with Gasteiger partial charge in [0.15, 0.2) is 0 Å². The fourth-order valence-electron chi connectivity index (χ4n) is 1.74. The van der Waals surface area contributed by atoms with Crippen molar-refractivity contribution in [1.82, 2.24) is 0 Å². The maximum Gasteiger partial charge on any atom is 0.238 e. The zero-order valence-corrected chi connectivity index (χ0v) is 11.2. The molecule has 0 spiro atoms. The van der Waals surface area contributed by atoms with Crippen LogP contribution in [0, 0.1) is 0 Å². The fraction of sp³-hybridized carbons (Fsp3) is 0.500. The van der Waals surface area contributed by atoms with Crippen molar-refractivity contribution in [3.05, 3.63) is 30.3 Å². The fourth-order valence-corrected chi connectivity index (χ4v) is 2.25. The third-order valence-corrected chi connectivity index (χ3v) is 3.18. The Hall–Kier alpha value is -0.620. The smallest absolute Gasteiger partial charge is 0.238 e. The van der Waals surface area contributed by atoms with E-state index in [4.69, 9.17) is 13.3 Å². The van der Waals surface area contributed by atoms with Crippen molar-refractivity contribution in [2.45, 2.75) is 32.0 Å². The van der Waals surface area contributed by atoms with E-state index in [2.05, 4.69) is 21.6 Å². The Labute approximate surface area is 110 Å². The Morgan fingerprint density at radius 1 is 1.47 bits per heavy atom. The summed E-state index contributed by atoms with van der Waals surface area (Å²) in [6.45, 7) is 2.59. The van der Waals surface area contributed by atoms with Gasteiger partial charge < -0.3 is 18.6 Å². The molecule has 0 saturated carbocycles. The summed E-state index contributed by atoms with van der Waals surface area (Å²) in [5, 5.41) is 3.16. The summed E-state index contributed by atoms with van der Waals surface area (Å²) in [5.74, 6) is 0. The highest BCUT2D eigenvalue weighted by molar-refractivity contribution is 9.06. The van der Waals surface area contributed by atoms with Crippen LogP contribution in [-0.4, -0.2) is 25.2 Å². The lowest BCUT2D eigenvalue weighted by atomic mass is 10.2. The highest BCUT2D eigenvalue weighted by Crippen LogP contribution is 2.21. The van der Waals surface area contributed by atoms with E-state index >= 15 is 0 Å². The lowest BCUT2D eigenvalue weighted by Gasteiger charge is -2.18. The van der Waals surface area contributed by atoms with Crippen LogP contribution in [-0.2, 0) is 13.3 Å². The predicted octanol–water partition coefficient (Wildman–Crippen LogP) is 2.90. The number of benzene rings is 1. The van der Waals surface area contributed by atoms with E-state index in [0.29, 0.717) is 6.61 Å². The van der Waals surface area contributed by atoms with Crippen LogP contribution in [0.2, 0.25) is 0 Å². The van der Waals surface area contributed by atoms with Gasteiger partial charge in [-0.25, -0.2) is 0 Å². The SMILES string of the molecule is CCC(OBr)C1COC(Nc2ccccc2)O1. The van der Waals surface area contributed by atoms with Crippen LogP contribution in [0.5, 0.6) is 0 Å². The van der Waals surface area contributed by atoms with Crippen LogP contribution in [0.3, 0.4) is 0 Å². The van der Waals surface area contributed by atoms with E-state index in [0.717, 1.165) is 12.1 Å². The van der Waals surface area contributed by atoms with E-state index in [1.165, 1.54) is 0 Å². The summed E-state index contributed by atoms with van der Waals surface area (Å²) in [7, 11) is 0. The number of anilines is 1. The summed E-state index contributed by atoms with van der Waals surface area (Å²) in [5.41, 5.74) is 0.978. The molecule has 3 unspecified atom stereocenters. The van der Waals surface area contributed by atoms with Gasteiger partial charge in [-0.3, -0.25) is 0 Å². The summed E-state index contributed by atoms with van der Waals surface area (Å²) < 4.78 is 16.4. The van der Waals surface area contributed by atoms with E-state index < -0.39 is 6.41 Å². The third-order valence-electron chi connectivity index (χ3n) is 2.70.